The summed E-state index contributed by atoms with van der Waals surface area (Å²) >= 11 is 0. The minimum Gasteiger partial charge on any atom is -0.353 e. The van der Waals surface area contributed by atoms with Gasteiger partial charge in [-0.25, -0.2) is 4.79 Å². The van der Waals surface area contributed by atoms with Gasteiger partial charge in [0.25, 0.3) is 0 Å². The van der Waals surface area contributed by atoms with E-state index in [0.717, 1.165) is 18.5 Å². The molecule has 1 aliphatic rings. The number of rotatable bonds is 6. The van der Waals surface area contributed by atoms with Gasteiger partial charge in [0.15, 0.2) is 0 Å². The molecule has 24 heavy (non-hydrogen) atoms. The lowest BCUT2D eigenvalue weighted by atomic mass is 9.81. The third-order valence-electron chi connectivity index (χ3n) is 4.62. The van der Waals surface area contributed by atoms with Crippen molar-refractivity contribution in [2.75, 3.05) is 25.0 Å². The Hall–Kier alpha value is -2.30. The van der Waals surface area contributed by atoms with E-state index in [-0.39, 0.29) is 11.9 Å². The van der Waals surface area contributed by atoms with E-state index >= 15 is 0 Å². The van der Waals surface area contributed by atoms with E-state index in [2.05, 4.69) is 24.1 Å². The van der Waals surface area contributed by atoms with Crippen LogP contribution in [0.1, 0.15) is 26.2 Å². The van der Waals surface area contributed by atoms with Crippen LogP contribution in [0.3, 0.4) is 0 Å². The molecule has 1 heterocycles. The summed E-state index contributed by atoms with van der Waals surface area (Å²) < 4.78 is 0. The molecule has 0 radical (unpaired) electrons. The lowest BCUT2D eigenvalue weighted by molar-refractivity contribution is -0.122. The smallest absolute Gasteiger partial charge is 0.321 e. The SMILES string of the molecule is C=CCNC(=O)CC1CCN(C(=O)Nc2ccccc2)CC1CC. The van der Waals surface area contributed by atoms with Crippen molar-refractivity contribution in [1.29, 1.82) is 0 Å². The van der Waals surface area contributed by atoms with E-state index < -0.39 is 0 Å². The van der Waals surface area contributed by atoms with Gasteiger partial charge in [0, 0.05) is 31.7 Å². The van der Waals surface area contributed by atoms with Crippen LogP contribution in [0, 0.1) is 11.8 Å². The number of carbonyl (C=O) groups excluding carboxylic acids is 2. The molecule has 2 atom stereocenters. The molecule has 0 saturated carbocycles. The van der Waals surface area contributed by atoms with Crippen LogP contribution >= 0.6 is 0 Å². The number of nitrogens with zero attached hydrogens (tertiary/aromatic N) is 1. The van der Waals surface area contributed by atoms with Crippen molar-refractivity contribution in [3.63, 3.8) is 0 Å². The van der Waals surface area contributed by atoms with Crippen LogP contribution in [0.2, 0.25) is 0 Å². The standard InChI is InChI=1S/C19H27N3O2/c1-3-11-20-18(23)13-16-10-12-22(14-15(16)4-2)19(24)21-17-8-6-5-7-9-17/h3,5-9,15-16H,1,4,10-14H2,2H3,(H,20,23)(H,21,24). The largest absolute Gasteiger partial charge is 0.353 e. The highest BCUT2D eigenvalue weighted by molar-refractivity contribution is 5.89. The van der Waals surface area contributed by atoms with Gasteiger partial charge in [-0.2, -0.15) is 0 Å². The molecule has 0 spiro atoms. The number of anilines is 1. The molecule has 0 aromatic heterocycles. The second kappa shape index (κ2) is 9.11. The number of piperidine rings is 1. The third kappa shape index (κ3) is 5.11. The monoisotopic (exact) mass is 329 g/mol. The Balaban J connectivity index is 1.88. The van der Waals surface area contributed by atoms with E-state index in [1.807, 2.05) is 35.2 Å². The summed E-state index contributed by atoms with van der Waals surface area (Å²) in [4.78, 5) is 26.2. The highest BCUT2D eigenvalue weighted by Crippen LogP contribution is 2.29. The van der Waals surface area contributed by atoms with Crippen molar-refractivity contribution in [1.82, 2.24) is 10.2 Å². The summed E-state index contributed by atoms with van der Waals surface area (Å²) in [5.74, 6) is 0.760. The Bertz CT molecular complexity index is 559. The molecule has 2 N–H and O–H groups in total. The summed E-state index contributed by atoms with van der Waals surface area (Å²) in [7, 11) is 0. The maximum Gasteiger partial charge on any atom is 0.321 e. The van der Waals surface area contributed by atoms with Crippen molar-refractivity contribution < 1.29 is 9.59 Å². The Morgan fingerprint density at radius 3 is 2.71 bits per heavy atom. The van der Waals surface area contributed by atoms with Gasteiger partial charge >= 0.3 is 6.03 Å². The molecule has 2 unspecified atom stereocenters. The first-order valence-corrected chi connectivity index (χ1v) is 8.62. The number of hydrogen-bond donors (Lipinski definition) is 2. The van der Waals surface area contributed by atoms with Crippen LogP contribution in [-0.4, -0.2) is 36.5 Å². The fraction of sp³-hybridized carbons (Fsp3) is 0.474. The van der Waals surface area contributed by atoms with E-state index in [4.69, 9.17) is 0 Å². The third-order valence-corrected chi connectivity index (χ3v) is 4.62. The van der Waals surface area contributed by atoms with Gasteiger partial charge in [-0.3, -0.25) is 4.79 Å². The maximum absolute atomic E-state index is 12.4. The molecule has 1 aliphatic heterocycles. The molecule has 5 nitrogen and oxygen atoms in total. The Kier molecular flexibility index (Phi) is 6.85. The van der Waals surface area contributed by atoms with Crippen LogP contribution in [0.25, 0.3) is 0 Å². The number of hydrogen-bond acceptors (Lipinski definition) is 2. The van der Waals surface area contributed by atoms with E-state index in [1.165, 1.54) is 0 Å². The first-order valence-electron chi connectivity index (χ1n) is 8.62. The summed E-state index contributed by atoms with van der Waals surface area (Å²) in [6.07, 6.45) is 4.04. The maximum atomic E-state index is 12.4. The fourth-order valence-corrected chi connectivity index (χ4v) is 3.22. The van der Waals surface area contributed by atoms with Crippen molar-refractivity contribution in [3.8, 4) is 0 Å². The molecule has 1 saturated heterocycles. The molecule has 3 amide bonds. The van der Waals surface area contributed by atoms with Gasteiger partial charge in [0.05, 0.1) is 0 Å². The average Bonchev–Trinajstić information content (AvgIpc) is 2.61. The number of carbonyl (C=O) groups is 2. The van der Waals surface area contributed by atoms with Crippen molar-refractivity contribution in [3.05, 3.63) is 43.0 Å². The number of urea groups is 1. The first-order chi connectivity index (χ1) is 11.6. The van der Waals surface area contributed by atoms with Crippen LogP contribution < -0.4 is 10.6 Å². The minimum atomic E-state index is -0.0609. The Morgan fingerprint density at radius 1 is 1.29 bits per heavy atom. The van der Waals surface area contributed by atoms with E-state index in [9.17, 15) is 9.59 Å². The van der Waals surface area contributed by atoms with Crippen molar-refractivity contribution in [2.24, 2.45) is 11.8 Å². The van der Waals surface area contributed by atoms with Crippen LogP contribution in [0.4, 0.5) is 10.5 Å². The van der Waals surface area contributed by atoms with E-state index in [1.54, 1.807) is 6.08 Å². The predicted molar refractivity (Wildman–Crippen MR) is 96.7 cm³/mol. The van der Waals surface area contributed by atoms with Gasteiger partial charge < -0.3 is 15.5 Å². The normalized spacial score (nSPS) is 20.3. The molecule has 1 aromatic carbocycles. The summed E-state index contributed by atoms with van der Waals surface area (Å²) in [5.41, 5.74) is 0.807. The second-order valence-electron chi connectivity index (χ2n) is 6.26. The molecule has 1 aromatic rings. The van der Waals surface area contributed by atoms with E-state index in [0.29, 0.717) is 37.9 Å². The van der Waals surface area contributed by atoms with Gasteiger partial charge in [0.1, 0.15) is 0 Å². The predicted octanol–water partition coefficient (Wildman–Crippen LogP) is 3.26. The molecular weight excluding hydrogens is 302 g/mol. The Morgan fingerprint density at radius 2 is 2.04 bits per heavy atom. The zero-order valence-electron chi connectivity index (χ0n) is 14.3. The lowest BCUT2D eigenvalue weighted by Gasteiger charge is -2.38. The zero-order chi connectivity index (χ0) is 17.4. The van der Waals surface area contributed by atoms with Crippen molar-refractivity contribution in [2.45, 2.75) is 26.2 Å². The summed E-state index contributed by atoms with van der Waals surface area (Å²) in [6, 6.07) is 9.43. The number of likely N-dealkylation sites (tertiary alicyclic amines) is 1. The molecule has 130 valence electrons. The van der Waals surface area contributed by atoms with Gasteiger partial charge in [0.2, 0.25) is 5.91 Å². The van der Waals surface area contributed by atoms with Crippen molar-refractivity contribution >= 4 is 17.6 Å². The lowest BCUT2D eigenvalue weighted by Crippen LogP contribution is -2.46. The fourth-order valence-electron chi connectivity index (χ4n) is 3.22. The minimum absolute atomic E-state index is 0.0609. The summed E-state index contributed by atoms with van der Waals surface area (Å²) in [6.45, 7) is 7.63. The number of nitrogens with one attached hydrogen (secondary N) is 2. The molecule has 0 bridgehead atoms. The van der Waals surface area contributed by atoms with Gasteiger partial charge in [-0.05, 0) is 30.4 Å². The zero-order valence-corrected chi connectivity index (χ0v) is 14.3. The van der Waals surface area contributed by atoms with Gasteiger partial charge in [-0.1, -0.05) is 37.6 Å². The van der Waals surface area contributed by atoms with Gasteiger partial charge in [-0.15, -0.1) is 6.58 Å². The number of benzene rings is 1. The highest BCUT2D eigenvalue weighted by Gasteiger charge is 2.31. The second-order valence-corrected chi connectivity index (χ2v) is 6.26. The van der Waals surface area contributed by atoms with Crippen LogP contribution in [0.5, 0.6) is 0 Å². The van der Waals surface area contributed by atoms with Crippen LogP contribution in [-0.2, 0) is 4.79 Å². The number of para-hydroxylation sites is 1. The Labute approximate surface area is 144 Å². The molecule has 1 fully saturated rings. The quantitative estimate of drug-likeness (QED) is 0.787. The molecule has 5 heteroatoms. The first kappa shape index (κ1) is 18.0. The molecular formula is C19H27N3O2. The summed E-state index contributed by atoms with van der Waals surface area (Å²) in [5, 5.41) is 5.78. The number of amides is 3. The highest BCUT2D eigenvalue weighted by atomic mass is 16.2. The molecule has 0 aliphatic carbocycles. The molecule has 2 rings (SSSR count). The van der Waals surface area contributed by atoms with Crippen LogP contribution in [0.15, 0.2) is 43.0 Å². The average molecular weight is 329 g/mol. The topological polar surface area (TPSA) is 61.4 Å².